The molecule has 2 aliphatic heterocycles. The van der Waals surface area contributed by atoms with Crippen molar-refractivity contribution in [1.82, 2.24) is 9.47 Å². The van der Waals surface area contributed by atoms with Crippen molar-refractivity contribution in [3.05, 3.63) is 67.8 Å². The van der Waals surface area contributed by atoms with E-state index in [1.807, 2.05) is 50.3 Å². The first-order chi connectivity index (χ1) is 16.8. The molecule has 4 rings (SSSR count). The number of amides is 1. The zero-order valence-corrected chi connectivity index (χ0v) is 22.0. The monoisotopic (exact) mass is 506 g/mol. The van der Waals surface area contributed by atoms with E-state index in [9.17, 15) is 14.9 Å². The number of hydrogen-bond acceptors (Lipinski definition) is 6. The summed E-state index contributed by atoms with van der Waals surface area (Å²) in [6.07, 6.45) is 4.69. The lowest BCUT2D eigenvalue weighted by molar-refractivity contribution is -0.122. The Morgan fingerprint density at radius 1 is 1.20 bits per heavy atom. The molecule has 3 heterocycles. The van der Waals surface area contributed by atoms with Gasteiger partial charge < -0.3 is 4.90 Å². The van der Waals surface area contributed by atoms with Crippen molar-refractivity contribution in [3.63, 3.8) is 0 Å². The molecule has 0 saturated carbocycles. The van der Waals surface area contributed by atoms with Gasteiger partial charge in [-0.3, -0.25) is 19.1 Å². The maximum atomic E-state index is 13.4. The number of anilines is 1. The topological polar surface area (TPSA) is 69.3 Å². The molecule has 0 atom stereocenters. The molecule has 182 valence electrons. The van der Waals surface area contributed by atoms with Crippen LogP contribution in [0.3, 0.4) is 0 Å². The van der Waals surface area contributed by atoms with Crippen LogP contribution in [0.15, 0.2) is 40.0 Å². The Morgan fingerprint density at radius 3 is 2.51 bits per heavy atom. The Kier molecular flexibility index (Phi) is 7.78. The molecular formula is C27H30N4O2S2. The van der Waals surface area contributed by atoms with E-state index < -0.39 is 0 Å². The molecule has 0 aliphatic carbocycles. The Labute approximate surface area is 216 Å². The summed E-state index contributed by atoms with van der Waals surface area (Å²) in [6.45, 7) is 8.69. The highest BCUT2D eigenvalue weighted by Gasteiger charge is 2.33. The smallest absolute Gasteiger partial charge is 0.270 e. The van der Waals surface area contributed by atoms with Crippen molar-refractivity contribution < 1.29 is 4.79 Å². The van der Waals surface area contributed by atoms with Crippen molar-refractivity contribution in [2.24, 2.45) is 5.92 Å². The minimum Gasteiger partial charge on any atom is -0.357 e. The summed E-state index contributed by atoms with van der Waals surface area (Å²) in [5, 5.41) is 9.81. The van der Waals surface area contributed by atoms with Crippen LogP contribution in [0.1, 0.15) is 55.4 Å². The number of carbonyl (C=O) groups excluding carboxylic acids is 1. The zero-order valence-electron chi connectivity index (χ0n) is 20.4. The number of piperidine rings is 1. The summed E-state index contributed by atoms with van der Waals surface area (Å²) in [7, 11) is 0. The number of thiocarbonyl (C=S) groups is 1. The average Bonchev–Trinajstić information content (AvgIpc) is 3.11. The number of nitriles is 1. The molecule has 1 aromatic heterocycles. The normalized spacial score (nSPS) is 17.9. The number of thioether (sulfide) groups is 1. The average molecular weight is 507 g/mol. The van der Waals surface area contributed by atoms with Gasteiger partial charge in [0.1, 0.15) is 21.8 Å². The molecule has 0 unspecified atom stereocenters. The lowest BCUT2D eigenvalue weighted by Gasteiger charge is -2.35. The first-order valence-electron chi connectivity index (χ1n) is 12.1. The Hall–Kier alpha value is -2.89. The summed E-state index contributed by atoms with van der Waals surface area (Å²) in [5.41, 5.74) is 2.27. The van der Waals surface area contributed by atoms with Crippen molar-refractivity contribution >= 4 is 46.1 Å². The molecule has 2 aromatic rings. The quantitative estimate of drug-likeness (QED) is 0.402. The van der Waals surface area contributed by atoms with E-state index in [1.54, 1.807) is 9.47 Å². The molecule has 2 fully saturated rings. The highest BCUT2D eigenvalue weighted by molar-refractivity contribution is 8.26. The van der Waals surface area contributed by atoms with Crippen molar-refractivity contribution in [3.8, 4) is 6.07 Å². The predicted octanol–water partition coefficient (Wildman–Crippen LogP) is 5.08. The zero-order chi connectivity index (χ0) is 25.1. The third-order valence-corrected chi connectivity index (χ3v) is 8.09. The molecule has 0 spiro atoms. The van der Waals surface area contributed by atoms with E-state index >= 15 is 0 Å². The lowest BCUT2D eigenvalue weighted by atomic mass is 9.97. The molecule has 0 radical (unpaired) electrons. The Morgan fingerprint density at radius 2 is 1.89 bits per heavy atom. The Balaban J connectivity index is 1.82. The molecule has 1 aromatic carbocycles. The lowest BCUT2D eigenvalue weighted by Crippen LogP contribution is -2.39. The van der Waals surface area contributed by atoms with Crippen molar-refractivity contribution in [2.75, 3.05) is 18.0 Å². The van der Waals surface area contributed by atoms with Crippen LogP contribution in [0.4, 0.5) is 5.82 Å². The van der Waals surface area contributed by atoms with Gasteiger partial charge in [-0.2, -0.15) is 5.26 Å². The number of nitrogens with zero attached hydrogens (tertiary/aromatic N) is 4. The fourth-order valence-electron chi connectivity index (χ4n) is 4.67. The van der Waals surface area contributed by atoms with Gasteiger partial charge in [0.2, 0.25) is 0 Å². The number of hydrogen-bond donors (Lipinski definition) is 0. The van der Waals surface area contributed by atoms with Gasteiger partial charge in [0, 0.05) is 25.2 Å². The number of rotatable bonds is 6. The van der Waals surface area contributed by atoms with Crippen LogP contribution < -0.4 is 10.5 Å². The number of pyridine rings is 1. The Bertz CT molecular complexity index is 1270. The van der Waals surface area contributed by atoms with Crippen molar-refractivity contribution in [1.29, 1.82) is 5.26 Å². The molecule has 2 saturated heterocycles. The highest BCUT2D eigenvalue weighted by atomic mass is 32.2. The number of benzene rings is 1. The van der Waals surface area contributed by atoms with Crippen LogP contribution in [0.2, 0.25) is 0 Å². The molecule has 0 N–H and O–H groups in total. The van der Waals surface area contributed by atoms with E-state index in [2.05, 4.69) is 17.9 Å². The van der Waals surface area contributed by atoms with E-state index in [1.165, 1.54) is 11.8 Å². The summed E-state index contributed by atoms with van der Waals surface area (Å²) in [4.78, 5) is 31.1. The van der Waals surface area contributed by atoms with Gasteiger partial charge in [-0.15, -0.1) is 0 Å². The first kappa shape index (κ1) is 25.2. The standard InChI is InChI=1S/C27H30N4O2S2/c1-4-12-30-24(29-13-10-18(2)11-14-29)21(19(3)22(16-28)25(30)32)15-23-26(33)31(27(34)35-23)17-20-8-6-5-7-9-20/h5-9,15,18H,4,10-14,17H2,1-3H3/b23-15-. The first-order valence-corrected chi connectivity index (χ1v) is 13.3. The number of aromatic nitrogens is 1. The second kappa shape index (κ2) is 10.8. The van der Waals surface area contributed by atoms with Gasteiger partial charge in [-0.25, -0.2) is 0 Å². The minimum atomic E-state index is -0.255. The molecule has 8 heteroatoms. The molecule has 0 bridgehead atoms. The van der Waals surface area contributed by atoms with E-state index in [0.29, 0.717) is 33.8 Å². The van der Waals surface area contributed by atoms with Gasteiger partial charge in [0.05, 0.1) is 11.4 Å². The fraction of sp³-hybridized carbons (Fsp3) is 0.407. The molecule has 35 heavy (non-hydrogen) atoms. The van der Waals surface area contributed by atoms with Gasteiger partial charge in [0.15, 0.2) is 0 Å². The van der Waals surface area contributed by atoms with E-state index in [-0.39, 0.29) is 17.0 Å². The molecule has 2 aliphatic rings. The fourth-order valence-corrected chi connectivity index (χ4v) is 5.91. The minimum absolute atomic E-state index is 0.138. The maximum absolute atomic E-state index is 13.4. The second-order valence-electron chi connectivity index (χ2n) is 9.23. The van der Waals surface area contributed by atoms with Crippen molar-refractivity contribution in [2.45, 2.75) is 53.1 Å². The van der Waals surface area contributed by atoms with Crippen LogP contribution in [0.25, 0.3) is 6.08 Å². The molecular weight excluding hydrogens is 476 g/mol. The van der Waals surface area contributed by atoms with E-state index in [0.717, 1.165) is 49.3 Å². The van der Waals surface area contributed by atoms with Crippen LogP contribution >= 0.6 is 24.0 Å². The SMILES string of the molecule is CCCn1c(N2CCC(C)CC2)c(/C=C2\SC(=S)N(Cc3ccccc3)C2=O)c(C)c(C#N)c1=O. The van der Waals surface area contributed by atoms with Gasteiger partial charge in [-0.1, -0.05) is 68.2 Å². The summed E-state index contributed by atoms with van der Waals surface area (Å²) in [6, 6.07) is 11.9. The summed E-state index contributed by atoms with van der Waals surface area (Å²) < 4.78 is 2.25. The predicted molar refractivity (Wildman–Crippen MR) is 146 cm³/mol. The third kappa shape index (κ3) is 5.07. The highest BCUT2D eigenvalue weighted by Crippen LogP contribution is 2.37. The second-order valence-corrected chi connectivity index (χ2v) is 10.9. The van der Waals surface area contributed by atoms with Crippen LogP contribution in [-0.4, -0.2) is 32.8 Å². The van der Waals surface area contributed by atoms with Crippen LogP contribution in [0.5, 0.6) is 0 Å². The van der Waals surface area contributed by atoms with Gasteiger partial charge >= 0.3 is 0 Å². The summed E-state index contributed by atoms with van der Waals surface area (Å²) >= 11 is 6.84. The van der Waals surface area contributed by atoms with Crippen LogP contribution in [0, 0.1) is 24.2 Å². The largest absolute Gasteiger partial charge is 0.357 e. The maximum Gasteiger partial charge on any atom is 0.270 e. The summed E-state index contributed by atoms with van der Waals surface area (Å²) in [5.74, 6) is 1.30. The van der Waals surface area contributed by atoms with E-state index in [4.69, 9.17) is 12.2 Å². The number of carbonyl (C=O) groups is 1. The molecule has 6 nitrogen and oxygen atoms in total. The van der Waals surface area contributed by atoms with Gasteiger partial charge in [0.25, 0.3) is 11.5 Å². The molecule has 1 amide bonds. The van der Waals surface area contributed by atoms with Gasteiger partial charge in [-0.05, 0) is 49.3 Å². The van der Waals surface area contributed by atoms with Crippen LogP contribution in [-0.2, 0) is 17.9 Å². The third-order valence-electron chi connectivity index (χ3n) is 6.71.